The number of nitrogens with zero attached hydrogens (tertiary/aromatic N) is 1. The van der Waals surface area contributed by atoms with Crippen molar-refractivity contribution in [3.05, 3.63) is 24.3 Å². The number of unbranched alkanes of at least 4 members (excludes halogenated alkanes) is 1. The van der Waals surface area contributed by atoms with Crippen molar-refractivity contribution in [3.8, 4) is 5.75 Å². The monoisotopic (exact) mass is 418 g/mol. The number of anilines is 1. The van der Waals surface area contributed by atoms with E-state index >= 15 is 0 Å². The molecule has 5 nitrogen and oxygen atoms in total. The highest BCUT2D eigenvalue weighted by molar-refractivity contribution is 5.97. The van der Waals surface area contributed by atoms with Gasteiger partial charge in [-0.05, 0) is 82.3 Å². The summed E-state index contributed by atoms with van der Waals surface area (Å²) in [5.41, 5.74) is -0.00873. The number of hydrogen-bond donors (Lipinski definition) is 1. The molecule has 0 saturated carbocycles. The molecule has 0 aromatic heterocycles. The minimum absolute atomic E-state index is 0.0751. The summed E-state index contributed by atoms with van der Waals surface area (Å²) in [6.07, 6.45) is 7.31. The standard InChI is InChI=1S/C25H42N2O3/c1-5-7-15-25(4,30-19-6-2)24(28)26-22-9-11-23(12-10-22)29-20-8-16-27-17-13-21(3)14-18-27/h9-12,21H,5-8,13-20H2,1-4H3,(H,26,28)/t25-/m0/s1. The molecule has 1 aliphatic rings. The third kappa shape index (κ3) is 8.27. The molecule has 5 heteroatoms. The Morgan fingerprint density at radius 1 is 1.10 bits per heavy atom. The molecule has 1 N–H and O–H groups in total. The van der Waals surface area contributed by atoms with E-state index < -0.39 is 5.60 Å². The number of carbonyl (C=O) groups is 1. The minimum atomic E-state index is -0.784. The van der Waals surface area contributed by atoms with Crippen LogP contribution in [-0.2, 0) is 9.53 Å². The minimum Gasteiger partial charge on any atom is -0.494 e. The summed E-state index contributed by atoms with van der Waals surface area (Å²) in [7, 11) is 0. The Labute approximate surface area is 183 Å². The molecule has 1 amide bonds. The van der Waals surface area contributed by atoms with E-state index in [4.69, 9.17) is 9.47 Å². The van der Waals surface area contributed by atoms with E-state index in [0.717, 1.165) is 62.6 Å². The molecule has 0 unspecified atom stereocenters. The van der Waals surface area contributed by atoms with E-state index in [9.17, 15) is 4.79 Å². The predicted octanol–water partition coefficient (Wildman–Crippen LogP) is 5.50. The molecule has 1 saturated heterocycles. The van der Waals surface area contributed by atoms with E-state index in [-0.39, 0.29) is 5.91 Å². The third-order valence-electron chi connectivity index (χ3n) is 5.99. The lowest BCUT2D eigenvalue weighted by Crippen LogP contribution is -2.43. The smallest absolute Gasteiger partial charge is 0.256 e. The van der Waals surface area contributed by atoms with Crippen LogP contribution < -0.4 is 10.1 Å². The van der Waals surface area contributed by atoms with Gasteiger partial charge in [0, 0.05) is 18.8 Å². The maximum absolute atomic E-state index is 12.8. The number of rotatable bonds is 13. The Kier molecular flexibility index (Phi) is 10.7. The van der Waals surface area contributed by atoms with Crippen LogP contribution >= 0.6 is 0 Å². The van der Waals surface area contributed by atoms with E-state index in [1.807, 2.05) is 31.2 Å². The van der Waals surface area contributed by atoms with Crippen LogP contribution in [-0.4, -0.2) is 49.3 Å². The van der Waals surface area contributed by atoms with Crippen LogP contribution in [0.4, 0.5) is 5.69 Å². The van der Waals surface area contributed by atoms with Crippen LogP contribution in [0.2, 0.25) is 0 Å². The molecule has 170 valence electrons. The number of nitrogens with one attached hydrogen (secondary N) is 1. The maximum atomic E-state index is 12.8. The van der Waals surface area contributed by atoms with Gasteiger partial charge in [-0.1, -0.05) is 33.6 Å². The molecule has 0 bridgehead atoms. The summed E-state index contributed by atoms with van der Waals surface area (Å²) < 4.78 is 11.8. The lowest BCUT2D eigenvalue weighted by Gasteiger charge is -2.30. The summed E-state index contributed by atoms with van der Waals surface area (Å²) in [6.45, 7) is 13.3. The Bertz CT molecular complexity index is 601. The Hall–Kier alpha value is -1.59. The number of benzene rings is 1. The summed E-state index contributed by atoms with van der Waals surface area (Å²) in [5, 5.41) is 3.02. The highest BCUT2D eigenvalue weighted by atomic mass is 16.5. The van der Waals surface area contributed by atoms with Crippen molar-refractivity contribution >= 4 is 11.6 Å². The maximum Gasteiger partial charge on any atom is 0.256 e. The highest BCUT2D eigenvalue weighted by Crippen LogP contribution is 2.23. The quantitative estimate of drug-likeness (QED) is 0.430. The molecule has 1 aromatic rings. The van der Waals surface area contributed by atoms with Gasteiger partial charge in [-0.3, -0.25) is 4.79 Å². The molecule has 0 aliphatic carbocycles. The van der Waals surface area contributed by atoms with Gasteiger partial charge >= 0.3 is 0 Å². The molecule has 1 heterocycles. The number of carbonyl (C=O) groups excluding carboxylic acids is 1. The number of piperidine rings is 1. The van der Waals surface area contributed by atoms with Crippen molar-refractivity contribution in [2.24, 2.45) is 5.92 Å². The Morgan fingerprint density at radius 2 is 1.80 bits per heavy atom. The van der Waals surface area contributed by atoms with Gasteiger partial charge in [0.2, 0.25) is 0 Å². The molecule has 1 aliphatic heterocycles. The van der Waals surface area contributed by atoms with Crippen LogP contribution in [0.5, 0.6) is 5.75 Å². The topological polar surface area (TPSA) is 50.8 Å². The second-order valence-electron chi connectivity index (χ2n) is 8.89. The van der Waals surface area contributed by atoms with Crippen molar-refractivity contribution < 1.29 is 14.3 Å². The first kappa shape index (κ1) is 24.7. The number of amides is 1. The zero-order valence-corrected chi connectivity index (χ0v) is 19.5. The van der Waals surface area contributed by atoms with Gasteiger partial charge in [-0.15, -0.1) is 0 Å². The summed E-state index contributed by atoms with van der Waals surface area (Å²) >= 11 is 0. The third-order valence-corrected chi connectivity index (χ3v) is 5.99. The summed E-state index contributed by atoms with van der Waals surface area (Å²) in [6, 6.07) is 7.65. The van der Waals surface area contributed by atoms with Gasteiger partial charge in [-0.25, -0.2) is 0 Å². The van der Waals surface area contributed by atoms with Crippen molar-refractivity contribution in [1.29, 1.82) is 0 Å². The zero-order chi connectivity index (χ0) is 21.8. The van der Waals surface area contributed by atoms with Crippen molar-refractivity contribution in [1.82, 2.24) is 4.90 Å². The van der Waals surface area contributed by atoms with Gasteiger partial charge in [0.15, 0.2) is 0 Å². The molecule has 1 aromatic carbocycles. The van der Waals surface area contributed by atoms with E-state index in [2.05, 4.69) is 31.0 Å². The molecule has 2 rings (SSSR count). The summed E-state index contributed by atoms with van der Waals surface area (Å²) in [5.74, 6) is 1.64. The van der Waals surface area contributed by atoms with Gasteiger partial charge in [-0.2, -0.15) is 0 Å². The predicted molar refractivity (Wildman–Crippen MR) is 124 cm³/mol. The number of ether oxygens (including phenoxy) is 2. The second-order valence-corrected chi connectivity index (χ2v) is 8.89. The molecule has 1 fully saturated rings. The van der Waals surface area contributed by atoms with E-state index in [1.165, 1.54) is 25.9 Å². The Morgan fingerprint density at radius 3 is 2.43 bits per heavy atom. The van der Waals surface area contributed by atoms with Crippen LogP contribution in [0.25, 0.3) is 0 Å². The van der Waals surface area contributed by atoms with Crippen LogP contribution in [0.15, 0.2) is 24.3 Å². The van der Waals surface area contributed by atoms with Gasteiger partial charge in [0.25, 0.3) is 5.91 Å². The fraction of sp³-hybridized carbons (Fsp3) is 0.720. The molecule has 30 heavy (non-hydrogen) atoms. The van der Waals surface area contributed by atoms with E-state index in [0.29, 0.717) is 6.61 Å². The molecule has 0 radical (unpaired) electrons. The average molecular weight is 419 g/mol. The largest absolute Gasteiger partial charge is 0.494 e. The highest BCUT2D eigenvalue weighted by Gasteiger charge is 2.33. The van der Waals surface area contributed by atoms with Crippen molar-refractivity contribution in [2.45, 2.75) is 78.2 Å². The molecular weight excluding hydrogens is 376 g/mol. The lowest BCUT2D eigenvalue weighted by molar-refractivity contribution is -0.140. The molecule has 0 spiro atoms. The summed E-state index contributed by atoms with van der Waals surface area (Å²) in [4.78, 5) is 15.4. The van der Waals surface area contributed by atoms with Crippen molar-refractivity contribution in [2.75, 3.05) is 38.2 Å². The van der Waals surface area contributed by atoms with E-state index in [1.54, 1.807) is 0 Å². The van der Waals surface area contributed by atoms with Gasteiger partial charge in [0.05, 0.1) is 6.61 Å². The first-order chi connectivity index (χ1) is 14.5. The SMILES string of the molecule is CCCC[C@](C)(OCCC)C(=O)Nc1ccc(OCCCN2CCC(C)CC2)cc1. The van der Waals surface area contributed by atoms with Gasteiger partial charge in [0.1, 0.15) is 11.4 Å². The van der Waals surface area contributed by atoms with Gasteiger partial charge < -0.3 is 19.7 Å². The van der Waals surface area contributed by atoms with Crippen LogP contribution in [0.1, 0.15) is 72.6 Å². The first-order valence-corrected chi connectivity index (χ1v) is 11.9. The van der Waals surface area contributed by atoms with Crippen molar-refractivity contribution in [3.63, 3.8) is 0 Å². The first-order valence-electron chi connectivity index (χ1n) is 11.9. The molecule has 1 atom stereocenters. The lowest BCUT2D eigenvalue weighted by atomic mass is 9.97. The fourth-order valence-corrected chi connectivity index (χ4v) is 3.75. The Balaban J connectivity index is 1.76. The zero-order valence-electron chi connectivity index (χ0n) is 19.5. The average Bonchev–Trinajstić information content (AvgIpc) is 2.76. The fourth-order valence-electron chi connectivity index (χ4n) is 3.75. The van der Waals surface area contributed by atoms with Crippen LogP contribution in [0.3, 0.4) is 0 Å². The number of likely N-dealkylation sites (tertiary alicyclic amines) is 1. The molecular formula is C25H42N2O3. The number of hydrogen-bond acceptors (Lipinski definition) is 4. The van der Waals surface area contributed by atoms with Crippen LogP contribution in [0, 0.1) is 5.92 Å². The normalized spacial score (nSPS) is 17.5. The second kappa shape index (κ2) is 13.0.